The lowest BCUT2D eigenvalue weighted by Crippen LogP contribution is -2.10. The lowest BCUT2D eigenvalue weighted by Gasteiger charge is -2.18. The molecular formula is C18H17N3O3. The Labute approximate surface area is 138 Å². The zero-order valence-corrected chi connectivity index (χ0v) is 13.7. The standard InChI is InChI=1S/C18H17N3O3/c1-18(2,3)13-8-6-12(7-9-13)16-15(11-22)20-10-4-5-14(21(23)24)17(20)19-16/h4-11H,1-3H3. The SMILES string of the molecule is CC(C)(C)c1ccc(-c2nc3c([N+](=O)[O-])cccn3c2C=O)cc1. The third kappa shape index (κ3) is 2.56. The average molecular weight is 323 g/mol. The summed E-state index contributed by atoms with van der Waals surface area (Å²) < 4.78 is 1.46. The maximum Gasteiger partial charge on any atom is 0.312 e. The third-order valence-corrected chi connectivity index (χ3v) is 4.00. The molecule has 3 aromatic rings. The van der Waals surface area contributed by atoms with Gasteiger partial charge in [0.2, 0.25) is 5.65 Å². The quantitative estimate of drug-likeness (QED) is 0.414. The normalized spacial score (nSPS) is 11.6. The molecule has 1 aromatic carbocycles. The van der Waals surface area contributed by atoms with Crippen LogP contribution in [-0.4, -0.2) is 20.6 Å². The molecular weight excluding hydrogens is 306 g/mol. The third-order valence-electron chi connectivity index (χ3n) is 4.00. The van der Waals surface area contributed by atoms with E-state index in [9.17, 15) is 14.9 Å². The van der Waals surface area contributed by atoms with Gasteiger partial charge in [-0.25, -0.2) is 4.98 Å². The number of pyridine rings is 1. The van der Waals surface area contributed by atoms with Crippen molar-refractivity contribution in [3.63, 3.8) is 0 Å². The molecule has 0 fully saturated rings. The molecule has 0 unspecified atom stereocenters. The largest absolute Gasteiger partial charge is 0.312 e. The van der Waals surface area contributed by atoms with Crippen LogP contribution in [-0.2, 0) is 5.41 Å². The van der Waals surface area contributed by atoms with Crippen molar-refractivity contribution in [2.75, 3.05) is 0 Å². The number of benzene rings is 1. The number of hydrogen-bond acceptors (Lipinski definition) is 4. The summed E-state index contributed by atoms with van der Waals surface area (Å²) in [4.78, 5) is 26.6. The van der Waals surface area contributed by atoms with Crippen LogP contribution in [0.15, 0.2) is 42.6 Å². The second-order valence-electron chi connectivity index (χ2n) is 6.63. The molecule has 0 saturated carbocycles. The van der Waals surface area contributed by atoms with Gasteiger partial charge in [0.1, 0.15) is 11.4 Å². The van der Waals surface area contributed by atoms with E-state index >= 15 is 0 Å². The van der Waals surface area contributed by atoms with E-state index in [1.165, 1.54) is 16.5 Å². The van der Waals surface area contributed by atoms with Crippen LogP contribution < -0.4 is 0 Å². The molecule has 0 spiro atoms. The lowest BCUT2D eigenvalue weighted by atomic mass is 9.86. The van der Waals surface area contributed by atoms with Gasteiger partial charge in [-0.15, -0.1) is 0 Å². The first kappa shape index (κ1) is 15.9. The first-order valence-corrected chi connectivity index (χ1v) is 7.54. The highest BCUT2D eigenvalue weighted by Gasteiger charge is 2.21. The van der Waals surface area contributed by atoms with E-state index in [4.69, 9.17) is 0 Å². The van der Waals surface area contributed by atoms with Crippen LogP contribution in [0.3, 0.4) is 0 Å². The van der Waals surface area contributed by atoms with Crippen LogP contribution in [0.25, 0.3) is 16.9 Å². The van der Waals surface area contributed by atoms with Gasteiger partial charge >= 0.3 is 5.69 Å². The van der Waals surface area contributed by atoms with Gasteiger partial charge in [-0.3, -0.25) is 19.3 Å². The molecule has 0 aliphatic rings. The number of hydrogen-bond donors (Lipinski definition) is 0. The van der Waals surface area contributed by atoms with Crippen LogP contribution in [0, 0.1) is 10.1 Å². The number of nitrogens with zero attached hydrogens (tertiary/aromatic N) is 3. The molecule has 0 aliphatic heterocycles. The van der Waals surface area contributed by atoms with Crippen molar-refractivity contribution in [2.45, 2.75) is 26.2 Å². The maximum absolute atomic E-state index is 11.6. The highest BCUT2D eigenvalue weighted by molar-refractivity contribution is 5.87. The van der Waals surface area contributed by atoms with Crippen molar-refractivity contribution in [1.29, 1.82) is 0 Å². The second-order valence-corrected chi connectivity index (χ2v) is 6.63. The molecule has 2 heterocycles. The monoisotopic (exact) mass is 323 g/mol. The Morgan fingerprint density at radius 3 is 2.38 bits per heavy atom. The van der Waals surface area contributed by atoms with Crippen molar-refractivity contribution in [3.8, 4) is 11.3 Å². The van der Waals surface area contributed by atoms with Gasteiger partial charge in [0.05, 0.1) is 4.92 Å². The summed E-state index contributed by atoms with van der Waals surface area (Å²) in [5.74, 6) is 0. The number of carbonyl (C=O) groups is 1. The van der Waals surface area contributed by atoms with Crippen molar-refractivity contribution in [1.82, 2.24) is 9.38 Å². The predicted molar refractivity (Wildman–Crippen MR) is 91.4 cm³/mol. The Balaban J connectivity index is 2.21. The van der Waals surface area contributed by atoms with Crippen molar-refractivity contribution in [3.05, 3.63) is 64.0 Å². The summed E-state index contributed by atoms with van der Waals surface area (Å²) in [5.41, 5.74) is 2.72. The molecule has 0 saturated heterocycles. The Morgan fingerprint density at radius 2 is 1.83 bits per heavy atom. The lowest BCUT2D eigenvalue weighted by molar-refractivity contribution is -0.383. The highest BCUT2D eigenvalue weighted by atomic mass is 16.6. The maximum atomic E-state index is 11.6. The van der Waals surface area contributed by atoms with Gasteiger partial charge in [0.15, 0.2) is 6.29 Å². The van der Waals surface area contributed by atoms with E-state index in [1.54, 1.807) is 6.20 Å². The summed E-state index contributed by atoms with van der Waals surface area (Å²) >= 11 is 0. The Morgan fingerprint density at radius 1 is 1.17 bits per heavy atom. The van der Waals surface area contributed by atoms with Crippen molar-refractivity contribution >= 4 is 17.6 Å². The van der Waals surface area contributed by atoms with E-state index in [2.05, 4.69) is 25.8 Å². The molecule has 0 radical (unpaired) electrons. The zero-order chi connectivity index (χ0) is 17.5. The van der Waals surface area contributed by atoms with Crippen molar-refractivity contribution < 1.29 is 9.72 Å². The Hall–Kier alpha value is -3.02. The van der Waals surface area contributed by atoms with Crippen LogP contribution in [0.2, 0.25) is 0 Å². The van der Waals surface area contributed by atoms with Gasteiger partial charge in [-0.05, 0) is 17.0 Å². The van der Waals surface area contributed by atoms with Gasteiger partial charge < -0.3 is 0 Å². The Bertz CT molecular complexity index is 935. The van der Waals surface area contributed by atoms with E-state index in [-0.39, 0.29) is 16.7 Å². The smallest absolute Gasteiger partial charge is 0.296 e. The second kappa shape index (κ2) is 5.56. The van der Waals surface area contributed by atoms with Gasteiger partial charge in [-0.2, -0.15) is 0 Å². The molecule has 24 heavy (non-hydrogen) atoms. The Kier molecular flexibility index (Phi) is 3.67. The van der Waals surface area contributed by atoms with E-state index in [0.717, 1.165) is 11.1 Å². The molecule has 122 valence electrons. The van der Waals surface area contributed by atoms with Crippen LogP contribution in [0.5, 0.6) is 0 Å². The van der Waals surface area contributed by atoms with E-state index in [0.29, 0.717) is 17.7 Å². The van der Waals surface area contributed by atoms with Crippen LogP contribution >= 0.6 is 0 Å². The fourth-order valence-corrected chi connectivity index (χ4v) is 2.67. The highest BCUT2D eigenvalue weighted by Crippen LogP contribution is 2.30. The van der Waals surface area contributed by atoms with Crippen LogP contribution in [0.4, 0.5) is 5.69 Å². The average Bonchev–Trinajstić information content (AvgIpc) is 2.92. The molecule has 2 aromatic heterocycles. The predicted octanol–water partition coefficient (Wildman–Crippen LogP) is 4.02. The molecule has 0 N–H and O–H groups in total. The number of rotatable bonds is 3. The molecule has 6 nitrogen and oxygen atoms in total. The number of aromatic nitrogens is 2. The molecule has 3 rings (SSSR count). The number of aldehydes is 1. The topological polar surface area (TPSA) is 77.5 Å². The minimum Gasteiger partial charge on any atom is -0.296 e. The van der Waals surface area contributed by atoms with E-state index in [1.807, 2.05) is 24.3 Å². The molecule has 0 bridgehead atoms. The number of imidazole rings is 1. The number of fused-ring (bicyclic) bond motifs is 1. The summed E-state index contributed by atoms with van der Waals surface area (Å²) in [6.45, 7) is 6.35. The number of carbonyl (C=O) groups excluding carboxylic acids is 1. The fourth-order valence-electron chi connectivity index (χ4n) is 2.67. The minimum atomic E-state index is -0.497. The molecule has 6 heteroatoms. The summed E-state index contributed by atoms with van der Waals surface area (Å²) in [7, 11) is 0. The first-order chi connectivity index (χ1) is 11.3. The zero-order valence-electron chi connectivity index (χ0n) is 13.7. The fraction of sp³-hybridized carbons (Fsp3) is 0.222. The van der Waals surface area contributed by atoms with Gasteiger partial charge in [-0.1, -0.05) is 45.0 Å². The summed E-state index contributed by atoms with van der Waals surface area (Å²) in [6.07, 6.45) is 2.28. The van der Waals surface area contributed by atoms with Gasteiger partial charge in [0.25, 0.3) is 0 Å². The first-order valence-electron chi connectivity index (χ1n) is 7.54. The summed E-state index contributed by atoms with van der Waals surface area (Å²) in [5, 5.41) is 11.2. The molecule has 0 atom stereocenters. The van der Waals surface area contributed by atoms with E-state index < -0.39 is 4.92 Å². The minimum absolute atomic E-state index is 0.0176. The van der Waals surface area contributed by atoms with Crippen molar-refractivity contribution in [2.24, 2.45) is 0 Å². The number of nitro groups is 1. The summed E-state index contributed by atoms with van der Waals surface area (Å²) in [6, 6.07) is 10.7. The van der Waals surface area contributed by atoms with Crippen LogP contribution in [0.1, 0.15) is 36.8 Å². The molecule has 0 amide bonds. The molecule has 0 aliphatic carbocycles. The van der Waals surface area contributed by atoms with Gasteiger partial charge in [0, 0.05) is 17.8 Å².